The number of imidazole rings is 1. The molecule has 3 aromatic heterocycles. The molecule has 7 nitrogen and oxygen atoms in total. The van der Waals surface area contributed by atoms with E-state index in [1.54, 1.807) is 10.7 Å². The fourth-order valence-corrected chi connectivity index (χ4v) is 4.42. The van der Waals surface area contributed by atoms with Crippen LogP contribution in [0.2, 0.25) is 0 Å². The molecule has 0 radical (unpaired) electrons. The Morgan fingerprint density at radius 1 is 1.18 bits per heavy atom. The zero-order chi connectivity index (χ0) is 19.3. The smallest absolute Gasteiger partial charge is 0.177 e. The van der Waals surface area contributed by atoms with Crippen molar-refractivity contribution in [2.75, 3.05) is 11.1 Å². The standard InChI is InChI=1S/C21H25N7/c1-12-10-14-11-16(6-7-17(14)25-12)26-19-18(13-2-4-15(22)5-3-13)20(23)27-28-9-8-24-21(19)28/h6-11,13,15,25-26H,2-5,22H2,1H3,(H2,23,27). The first-order valence-electron chi connectivity index (χ1n) is 9.83. The van der Waals surface area contributed by atoms with Gasteiger partial charge in [0.2, 0.25) is 0 Å². The minimum absolute atomic E-state index is 0.288. The molecule has 4 aromatic rings. The third-order valence-electron chi connectivity index (χ3n) is 5.81. The molecule has 1 saturated carbocycles. The van der Waals surface area contributed by atoms with E-state index in [2.05, 4.69) is 51.6 Å². The molecule has 1 aliphatic rings. The zero-order valence-electron chi connectivity index (χ0n) is 15.9. The Hall–Kier alpha value is -3.06. The number of fused-ring (bicyclic) bond motifs is 2. The lowest BCUT2D eigenvalue weighted by molar-refractivity contribution is 0.396. The molecule has 28 heavy (non-hydrogen) atoms. The molecule has 0 atom stereocenters. The fourth-order valence-electron chi connectivity index (χ4n) is 4.42. The van der Waals surface area contributed by atoms with E-state index in [4.69, 9.17) is 11.5 Å². The van der Waals surface area contributed by atoms with Gasteiger partial charge in [-0.05, 0) is 62.8 Å². The maximum Gasteiger partial charge on any atom is 0.177 e. The Balaban J connectivity index is 1.61. The minimum Gasteiger partial charge on any atom is -0.382 e. The van der Waals surface area contributed by atoms with Gasteiger partial charge in [0.05, 0.1) is 5.69 Å². The van der Waals surface area contributed by atoms with Crippen LogP contribution in [0.5, 0.6) is 0 Å². The van der Waals surface area contributed by atoms with Crippen LogP contribution in [-0.4, -0.2) is 25.6 Å². The number of anilines is 3. The quantitative estimate of drug-likeness (QED) is 0.435. The predicted octanol–water partition coefficient (Wildman–Crippen LogP) is 3.83. The number of nitrogen functional groups attached to an aromatic ring is 1. The second-order valence-corrected chi connectivity index (χ2v) is 7.86. The van der Waals surface area contributed by atoms with Gasteiger partial charge in [0.1, 0.15) is 5.82 Å². The van der Waals surface area contributed by atoms with Crippen LogP contribution in [0.4, 0.5) is 17.2 Å². The second kappa shape index (κ2) is 6.53. The van der Waals surface area contributed by atoms with Gasteiger partial charge in [-0.25, -0.2) is 9.50 Å². The maximum absolute atomic E-state index is 6.42. The van der Waals surface area contributed by atoms with Gasteiger partial charge < -0.3 is 21.8 Å². The Labute approximate surface area is 163 Å². The molecule has 0 saturated heterocycles. The van der Waals surface area contributed by atoms with Crippen LogP contribution in [0.1, 0.15) is 42.9 Å². The largest absolute Gasteiger partial charge is 0.382 e. The van der Waals surface area contributed by atoms with Crippen LogP contribution < -0.4 is 16.8 Å². The van der Waals surface area contributed by atoms with Crippen LogP contribution in [0.3, 0.4) is 0 Å². The summed E-state index contributed by atoms with van der Waals surface area (Å²) in [5, 5.41) is 9.32. The number of H-pyrrole nitrogens is 1. The Kier molecular flexibility index (Phi) is 3.98. The SMILES string of the molecule is Cc1cc2cc(Nc3c(C4CCC(N)CC4)c(N)nn4ccnc34)ccc2[nH]1. The highest BCUT2D eigenvalue weighted by Crippen LogP contribution is 2.41. The molecule has 0 spiro atoms. The molecule has 144 valence electrons. The first-order chi connectivity index (χ1) is 13.6. The van der Waals surface area contributed by atoms with Gasteiger partial charge in [-0.1, -0.05) is 0 Å². The maximum atomic E-state index is 6.42. The summed E-state index contributed by atoms with van der Waals surface area (Å²) in [7, 11) is 0. The molecule has 0 unspecified atom stereocenters. The van der Waals surface area contributed by atoms with Crippen LogP contribution in [-0.2, 0) is 0 Å². The zero-order valence-corrected chi connectivity index (χ0v) is 15.9. The van der Waals surface area contributed by atoms with Crippen LogP contribution in [0.15, 0.2) is 36.7 Å². The topological polar surface area (TPSA) is 110 Å². The Morgan fingerprint density at radius 2 is 2.00 bits per heavy atom. The summed E-state index contributed by atoms with van der Waals surface area (Å²) in [5.74, 6) is 0.904. The third-order valence-corrected chi connectivity index (χ3v) is 5.81. The van der Waals surface area contributed by atoms with Gasteiger partial charge in [0.15, 0.2) is 5.65 Å². The number of nitrogens with zero attached hydrogens (tertiary/aromatic N) is 3. The number of aryl methyl sites for hydroxylation is 1. The fraction of sp³-hybridized carbons (Fsp3) is 0.333. The average Bonchev–Trinajstić information content (AvgIpc) is 3.28. The van der Waals surface area contributed by atoms with E-state index < -0.39 is 0 Å². The van der Waals surface area contributed by atoms with Crippen molar-refractivity contribution in [3.05, 3.63) is 47.9 Å². The molecule has 0 amide bonds. The lowest BCUT2D eigenvalue weighted by Gasteiger charge is -2.28. The van der Waals surface area contributed by atoms with Gasteiger partial charge in [-0.15, -0.1) is 5.10 Å². The number of hydrogen-bond acceptors (Lipinski definition) is 5. The van der Waals surface area contributed by atoms with Crippen molar-refractivity contribution in [2.24, 2.45) is 5.73 Å². The number of nitrogens with one attached hydrogen (secondary N) is 2. The molecule has 1 aliphatic carbocycles. The Morgan fingerprint density at radius 3 is 2.82 bits per heavy atom. The highest BCUT2D eigenvalue weighted by molar-refractivity contribution is 5.87. The summed E-state index contributed by atoms with van der Waals surface area (Å²) in [5.41, 5.74) is 18.6. The molecular formula is C21H25N7. The summed E-state index contributed by atoms with van der Waals surface area (Å²) in [6.07, 6.45) is 7.65. The lowest BCUT2D eigenvalue weighted by Crippen LogP contribution is -2.26. The molecule has 6 N–H and O–H groups in total. The number of benzene rings is 1. The van der Waals surface area contributed by atoms with Crippen LogP contribution in [0.25, 0.3) is 16.6 Å². The molecule has 0 bridgehead atoms. The van der Waals surface area contributed by atoms with Gasteiger partial charge in [0, 0.05) is 46.3 Å². The lowest BCUT2D eigenvalue weighted by atomic mass is 9.81. The summed E-state index contributed by atoms with van der Waals surface area (Å²) < 4.78 is 1.74. The van der Waals surface area contributed by atoms with E-state index in [9.17, 15) is 0 Å². The van der Waals surface area contributed by atoms with Gasteiger partial charge >= 0.3 is 0 Å². The van der Waals surface area contributed by atoms with Crippen molar-refractivity contribution in [3.63, 3.8) is 0 Å². The van der Waals surface area contributed by atoms with E-state index in [-0.39, 0.29) is 6.04 Å². The highest BCUT2D eigenvalue weighted by Gasteiger charge is 2.27. The second-order valence-electron chi connectivity index (χ2n) is 7.86. The summed E-state index contributed by atoms with van der Waals surface area (Å²) in [4.78, 5) is 7.91. The van der Waals surface area contributed by atoms with E-state index in [1.165, 1.54) is 5.39 Å². The molecule has 7 heteroatoms. The minimum atomic E-state index is 0.288. The molecule has 1 fully saturated rings. The van der Waals surface area contributed by atoms with Crippen LogP contribution in [0, 0.1) is 6.92 Å². The number of aromatic nitrogens is 4. The van der Waals surface area contributed by atoms with Gasteiger partial charge in [-0.3, -0.25) is 0 Å². The normalized spacial score (nSPS) is 20.1. The molecule has 0 aliphatic heterocycles. The van der Waals surface area contributed by atoms with Crippen molar-refractivity contribution < 1.29 is 0 Å². The first-order valence-corrected chi connectivity index (χ1v) is 9.83. The number of rotatable bonds is 3. The van der Waals surface area contributed by atoms with Crippen molar-refractivity contribution in [2.45, 2.75) is 44.6 Å². The van der Waals surface area contributed by atoms with Crippen molar-refractivity contribution in [1.82, 2.24) is 19.6 Å². The monoisotopic (exact) mass is 375 g/mol. The van der Waals surface area contributed by atoms with E-state index in [0.717, 1.165) is 59.5 Å². The van der Waals surface area contributed by atoms with E-state index in [1.807, 2.05) is 6.20 Å². The third kappa shape index (κ3) is 2.88. The van der Waals surface area contributed by atoms with E-state index in [0.29, 0.717) is 11.7 Å². The average molecular weight is 375 g/mol. The Bertz CT molecular complexity index is 1150. The number of nitrogens with two attached hydrogens (primary N) is 2. The summed E-state index contributed by atoms with van der Waals surface area (Å²) in [6.45, 7) is 2.07. The molecule has 5 rings (SSSR count). The van der Waals surface area contributed by atoms with Crippen LogP contribution >= 0.6 is 0 Å². The van der Waals surface area contributed by atoms with Crippen molar-refractivity contribution >= 4 is 33.7 Å². The molecular weight excluding hydrogens is 350 g/mol. The van der Waals surface area contributed by atoms with Crippen molar-refractivity contribution in [3.8, 4) is 0 Å². The first kappa shape index (κ1) is 17.1. The van der Waals surface area contributed by atoms with Gasteiger partial charge in [0.25, 0.3) is 0 Å². The number of aromatic amines is 1. The summed E-state index contributed by atoms with van der Waals surface area (Å²) >= 11 is 0. The number of hydrogen-bond donors (Lipinski definition) is 4. The molecule has 3 heterocycles. The van der Waals surface area contributed by atoms with E-state index >= 15 is 0 Å². The van der Waals surface area contributed by atoms with Gasteiger partial charge in [-0.2, -0.15) is 0 Å². The highest BCUT2D eigenvalue weighted by atomic mass is 15.3. The molecule has 1 aromatic carbocycles. The predicted molar refractivity (Wildman–Crippen MR) is 113 cm³/mol. The summed E-state index contributed by atoms with van der Waals surface area (Å²) in [6, 6.07) is 8.76. The van der Waals surface area contributed by atoms with Crippen molar-refractivity contribution in [1.29, 1.82) is 0 Å².